The Hall–Kier alpha value is -4.99. The molecule has 0 spiro atoms. The fourth-order valence-electron chi connectivity index (χ4n) is 6.13. The average Bonchev–Trinajstić information content (AvgIpc) is 3.08. The van der Waals surface area contributed by atoms with Crippen molar-refractivity contribution in [1.82, 2.24) is 20.3 Å². The number of fused-ring (bicyclic) bond motifs is 1. The summed E-state index contributed by atoms with van der Waals surface area (Å²) >= 11 is 13.4. The summed E-state index contributed by atoms with van der Waals surface area (Å²) in [4.78, 5) is 36.8. The van der Waals surface area contributed by atoms with E-state index < -0.39 is 5.97 Å². The van der Waals surface area contributed by atoms with Crippen LogP contribution in [0.15, 0.2) is 61.1 Å². The summed E-state index contributed by atoms with van der Waals surface area (Å²) < 4.78 is 6.20. The number of carboxylic acid groups (broad SMARTS) is 1. The van der Waals surface area contributed by atoms with Gasteiger partial charge in [-0.15, -0.1) is 0 Å². The fraction of sp³-hybridized carbons (Fsp3) is 0.256. The molecule has 0 saturated heterocycles. The fourth-order valence-corrected chi connectivity index (χ4v) is 6.49. The molecule has 1 atom stereocenters. The Bertz CT molecular complexity index is 2060. The van der Waals surface area contributed by atoms with Gasteiger partial charge in [0.2, 0.25) is 6.41 Å². The average molecular weight is 713 g/mol. The second kappa shape index (κ2) is 16.1. The third-order valence-corrected chi connectivity index (χ3v) is 9.42. The van der Waals surface area contributed by atoms with E-state index in [1.807, 2.05) is 65.0 Å². The highest BCUT2D eigenvalue weighted by atomic mass is 35.5. The molecule has 2 heterocycles. The lowest BCUT2D eigenvalue weighted by atomic mass is 9.90. The van der Waals surface area contributed by atoms with Gasteiger partial charge in [-0.25, -0.2) is 14.8 Å². The number of carbonyl (C=O) groups is 2. The van der Waals surface area contributed by atoms with Gasteiger partial charge in [-0.05, 0) is 101 Å². The van der Waals surface area contributed by atoms with Gasteiger partial charge in [0.1, 0.15) is 12.1 Å². The number of pyridine rings is 1. The quantitative estimate of drug-likeness (QED) is 0.0592. The van der Waals surface area contributed by atoms with Crippen LogP contribution in [0.1, 0.15) is 63.8 Å². The van der Waals surface area contributed by atoms with Gasteiger partial charge in [0, 0.05) is 62.8 Å². The van der Waals surface area contributed by atoms with Gasteiger partial charge in [-0.2, -0.15) is 0 Å². The number of anilines is 1. The molecule has 258 valence electrons. The smallest absolute Gasteiger partial charge is 0.336 e. The van der Waals surface area contributed by atoms with E-state index in [-0.39, 0.29) is 11.6 Å². The first-order valence-corrected chi connectivity index (χ1v) is 17.0. The lowest BCUT2D eigenvalue weighted by Crippen LogP contribution is -2.30. The highest BCUT2D eigenvalue weighted by Crippen LogP contribution is 2.44. The molecular weight excluding hydrogens is 673 g/mol. The van der Waals surface area contributed by atoms with Crippen LogP contribution in [0.5, 0.6) is 5.75 Å². The van der Waals surface area contributed by atoms with E-state index >= 15 is 0 Å². The minimum absolute atomic E-state index is 0.177. The van der Waals surface area contributed by atoms with E-state index in [2.05, 4.69) is 25.6 Å². The minimum atomic E-state index is -1.02. The predicted octanol–water partition coefficient (Wildman–Crippen LogP) is 8.88. The highest BCUT2D eigenvalue weighted by Gasteiger charge is 2.23. The number of ether oxygens (including phenoxy) is 1. The molecule has 0 fully saturated rings. The summed E-state index contributed by atoms with van der Waals surface area (Å²) in [5, 5.41) is 18.1. The van der Waals surface area contributed by atoms with Crippen molar-refractivity contribution in [2.75, 3.05) is 18.5 Å². The van der Waals surface area contributed by atoms with Crippen LogP contribution in [-0.2, 0) is 4.79 Å². The first-order valence-electron chi connectivity index (χ1n) is 16.3. The van der Waals surface area contributed by atoms with Gasteiger partial charge in [0.05, 0.1) is 28.4 Å². The number of aromatic carboxylic acids is 1. The van der Waals surface area contributed by atoms with Crippen molar-refractivity contribution >= 4 is 63.8 Å². The van der Waals surface area contributed by atoms with Crippen molar-refractivity contribution in [2.45, 2.75) is 53.5 Å². The molecule has 0 aliphatic carbocycles. The number of aromatic nitrogens is 3. The molecule has 0 aliphatic heterocycles. The van der Waals surface area contributed by atoms with Crippen molar-refractivity contribution in [1.29, 1.82) is 0 Å². The zero-order valence-electron chi connectivity index (χ0n) is 28.6. The normalized spacial score (nSPS) is 12.1. The largest absolute Gasteiger partial charge is 0.494 e. The number of amides is 1. The monoisotopic (exact) mass is 711 g/mol. The molecule has 0 unspecified atom stereocenters. The van der Waals surface area contributed by atoms with Crippen LogP contribution in [-0.4, -0.2) is 51.6 Å². The maximum Gasteiger partial charge on any atom is 0.336 e. The maximum absolute atomic E-state index is 12.1. The molecule has 5 aromatic rings. The zero-order chi connectivity index (χ0) is 35.9. The molecule has 5 rings (SSSR count). The van der Waals surface area contributed by atoms with Crippen LogP contribution in [0.3, 0.4) is 0 Å². The van der Waals surface area contributed by atoms with Gasteiger partial charge in [0.15, 0.2) is 0 Å². The molecule has 0 saturated carbocycles. The van der Waals surface area contributed by atoms with Crippen molar-refractivity contribution in [3.8, 4) is 16.9 Å². The Labute approximate surface area is 301 Å². The molecule has 50 heavy (non-hydrogen) atoms. The number of hydrogen-bond acceptors (Lipinski definition) is 7. The van der Waals surface area contributed by atoms with Crippen molar-refractivity contribution in [3.63, 3.8) is 0 Å². The first-order chi connectivity index (χ1) is 24.0. The Kier molecular flexibility index (Phi) is 11.7. The van der Waals surface area contributed by atoms with Gasteiger partial charge in [0.25, 0.3) is 0 Å². The van der Waals surface area contributed by atoms with Gasteiger partial charge in [-0.3, -0.25) is 9.78 Å². The highest BCUT2D eigenvalue weighted by molar-refractivity contribution is 6.34. The zero-order valence-corrected chi connectivity index (χ0v) is 30.1. The molecule has 3 aromatic carbocycles. The summed E-state index contributed by atoms with van der Waals surface area (Å²) in [5.41, 5.74) is 9.07. The number of nitrogens with zero attached hydrogens (tertiary/aromatic N) is 3. The second-order valence-corrected chi connectivity index (χ2v) is 13.0. The van der Waals surface area contributed by atoms with Crippen LogP contribution in [0.2, 0.25) is 10.0 Å². The van der Waals surface area contributed by atoms with Crippen molar-refractivity contribution in [3.05, 3.63) is 110 Å². The summed E-state index contributed by atoms with van der Waals surface area (Å²) in [6, 6.07) is 14.4. The number of nitrogens with one attached hydrogen (secondary N) is 2. The van der Waals surface area contributed by atoms with Crippen LogP contribution >= 0.6 is 23.2 Å². The summed E-state index contributed by atoms with van der Waals surface area (Å²) in [7, 11) is 0. The summed E-state index contributed by atoms with van der Waals surface area (Å²) in [6.45, 7) is 10.5. The van der Waals surface area contributed by atoms with Gasteiger partial charge >= 0.3 is 5.97 Å². The van der Waals surface area contributed by atoms with Crippen LogP contribution in [0.25, 0.3) is 33.7 Å². The van der Waals surface area contributed by atoms with Gasteiger partial charge < -0.3 is 20.5 Å². The number of carbonyl (C=O) groups excluding carboxylic acids is 1. The van der Waals surface area contributed by atoms with Gasteiger partial charge in [-0.1, -0.05) is 41.4 Å². The molecule has 9 nitrogen and oxygen atoms in total. The molecule has 2 aromatic heterocycles. The van der Waals surface area contributed by atoms with Crippen molar-refractivity contribution in [2.24, 2.45) is 0 Å². The second-order valence-electron chi connectivity index (χ2n) is 12.2. The number of carboxylic acids is 1. The van der Waals surface area contributed by atoms with Crippen molar-refractivity contribution < 1.29 is 19.4 Å². The van der Waals surface area contributed by atoms with E-state index in [1.165, 1.54) is 6.33 Å². The molecule has 3 N–H and O–H groups in total. The number of benzene rings is 3. The Balaban J connectivity index is 1.67. The number of aryl methyl sites for hydroxylation is 4. The number of hydrogen-bond donors (Lipinski definition) is 3. The molecule has 0 aliphatic rings. The SMILES string of the molecule is Cc1cc(OCCC/C(=C\c2ccc(C(=O)O)c3cccnc23)c2ccc(Cl)c(-c3c(C)ncnc3C)c2N[C@H](C)CNC=O)cc(C)c1Cl. The predicted molar refractivity (Wildman–Crippen MR) is 201 cm³/mol. The number of allylic oxidation sites excluding steroid dienone is 1. The molecule has 0 bridgehead atoms. The van der Waals surface area contributed by atoms with Crippen LogP contribution in [0.4, 0.5) is 5.69 Å². The number of rotatable bonds is 14. The third kappa shape index (κ3) is 8.07. The minimum Gasteiger partial charge on any atom is -0.494 e. The Morgan fingerprint density at radius 2 is 1.66 bits per heavy atom. The van der Waals surface area contributed by atoms with Crippen LogP contribution in [0, 0.1) is 27.7 Å². The Morgan fingerprint density at radius 3 is 2.34 bits per heavy atom. The number of halogens is 2. The van der Waals surface area contributed by atoms with E-state index in [0.717, 1.165) is 66.8 Å². The molecule has 11 heteroatoms. The summed E-state index contributed by atoms with van der Waals surface area (Å²) in [6.07, 6.45) is 7.14. The van der Waals surface area contributed by atoms with E-state index in [4.69, 9.17) is 27.9 Å². The topological polar surface area (TPSA) is 126 Å². The first kappa shape index (κ1) is 36.3. The summed E-state index contributed by atoms with van der Waals surface area (Å²) in [5.74, 6) is -0.275. The molecular formula is C39H39Cl2N5O4. The maximum atomic E-state index is 12.1. The lowest BCUT2D eigenvalue weighted by Gasteiger charge is -2.25. The lowest BCUT2D eigenvalue weighted by molar-refractivity contribution is -0.109. The molecule has 0 radical (unpaired) electrons. The third-order valence-electron chi connectivity index (χ3n) is 8.51. The van der Waals surface area contributed by atoms with E-state index in [9.17, 15) is 14.7 Å². The standard InChI is InChI=1S/C39H39Cl2N5O4/c1-22-16-29(17-23(2)36(22)41)50-15-7-8-27(18-28-10-11-32(39(48)49)31-9-6-14-43-37(28)31)30-12-13-33(40)35(34-25(4)44-20-45-26(34)5)38(30)46-24(3)19-42-21-47/h6,9-14,16-18,20-21,24,46H,7-8,15,19H2,1-5H3,(H,42,47)(H,48,49)/b27-18+/t24-/m1/s1. The van der Waals surface area contributed by atoms with E-state index in [1.54, 1.807) is 30.5 Å². The molecule has 1 amide bonds. The van der Waals surface area contributed by atoms with E-state index in [0.29, 0.717) is 48.3 Å². The van der Waals surface area contributed by atoms with Crippen LogP contribution < -0.4 is 15.4 Å². The Morgan fingerprint density at radius 1 is 0.960 bits per heavy atom.